The predicted molar refractivity (Wildman–Crippen MR) is 134 cm³/mol. The Hall–Kier alpha value is -1.77. The minimum absolute atomic E-state index is 0.0716. The summed E-state index contributed by atoms with van der Waals surface area (Å²) in [5.74, 6) is -1.12. The molecule has 8 nitrogen and oxygen atoms in total. The molecule has 36 heavy (non-hydrogen) atoms. The number of carbonyl (C=O) groups excluding carboxylic acids is 2. The lowest BCUT2D eigenvalue weighted by Crippen LogP contribution is -2.38. The summed E-state index contributed by atoms with van der Waals surface area (Å²) in [5, 5.41) is 11.9. The maximum absolute atomic E-state index is 13.1. The van der Waals surface area contributed by atoms with Gasteiger partial charge in [-0.05, 0) is 26.3 Å². The highest BCUT2D eigenvalue weighted by Crippen LogP contribution is 2.41. The average molecular weight is 589 g/mol. The third-order valence-electron chi connectivity index (χ3n) is 4.51. The van der Waals surface area contributed by atoms with Crippen LogP contribution in [0.2, 0.25) is 10.0 Å². The molecule has 1 heterocycles. The zero-order valence-corrected chi connectivity index (χ0v) is 22.9. The Bertz CT molecular complexity index is 1150. The second-order valence-corrected chi connectivity index (χ2v) is 11.4. The smallest absolute Gasteiger partial charge is 0.389 e. The molecule has 0 radical (unpaired) electrons. The van der Waals surface area contributed by atoms with Crippen LogP contribution in [0.3, 0.4) is 0 Å². The largest absolute Gasteiger partial charge is 0.402 e. The molecular weight excluding hydrogens is 564 g/mol. The van der Waals surface area contributed by atoms with Gasteiger partial charge in [0, 0.05) is 25.7 Å². The molecule has 1 atom stereocenters. The van der Waals surface area contributed by atoms with Crippen LogP contribution in [-0.4, -0.2) is 69.5 Å². The standard InChI is InChI=1S/C21H25Cl2F3N4O4S2/c1-5-8-30(4)19(32)15-16(35-18(29-15)17(31)27-9-20(2,3)33)11-6-7-12(14(23)13(11)22)36(34)28-10-21(24,25)26/h6-7,28,33H,5,8-10H2,1-4H3,(H,27,31). The SMILES string of the molecule is CCCN(C)C(=O)c1nc(C(=O)NCC(C)(C)O)sc1-c1ccc(S(=O)NCC(F)(F)F)c(Cl)c1Cl. The van der Waals surface area contributed by atoms with Crippen molar-refractivity contribution in [2.45, 2.75) is 43.9 Å². The number of aromatic nitrogens is 1. The van der Waals surface area contributed by atoms with Gasteiger partial charge >= 0.3 is 6.18 Å². The highest BCUT2D eigenvalue weighted by Gasteiger charge is 2.30. The van der Waals surface area contributed by atoms with Crippen LogP contribution in [0.5, 0.6) is 0 Å². The molecule has 0 fully saturated rings. The number of thiazole rings is 1. The van der Waals surface area contributed by atoms with Gasteiger partial charge in [-0.25, -0.2) is 13.9 Å². The van der Waals surface area contributed by atoms with Crippen LogP contribution in [0.1, 0.15) is 47.5 Å². The van der Waals surface area contributed by atoms with Gasteiger partial charge in [0.05, 0.1) is 25.4 Å². The number of hydrogen-bond acceptors (Lipinski definition) is 6. The van der Waals surface area contributed by atoms with Crippen molar-refractivity contribution in [3.63, 3.8) is 0 Å². The number of aliphatic hydroxyl groups is 1. The number of amides is 2. The van der Waals surface area contributed by atoms with Crippen molar-refractivity contribution in [1.82, 2.24) is 19.9 Å². The Morgan fingerprint density at radius 1 is 1.19 bits per heavy atom. The Balaban J connectivity index is 2.52. The average Bonchev–Trinajstić information content (AvgIpc) is 3.21. The van der Waals surface area contributed by atoms with Crippen molar-refractivity contribution in [2.24, 2.45) is 0 Å². The minimum atomic E-state index is -4.59. The van der Waals surface area contributed by atoms with E-state index in [1.165, 1.54) is 30.9 Å². The fourth-order valence-corrected chi connectivity index (χ4v) is 5.47. The van der Waals surface area contributed by atoms with Crippen LogP contribution in [0.25, 0.3) is 10.4 Å². The fraction of sp³-hybridized carbons (Fsp3) is 0.476. The number of carbonyl (C=O) groups is 2. The van der Waals surface area contributed by atoms with Crippen molar-refractivity contribution in [2.75, 3.05) is 26.7 Å². The van der Waals surface area contributed by atoms with E-state index in [0.29, 0.717) is 13.0 Å². The summed E-state index contributed by atoms with van der Waals surface area (Å²) in [6.45, 7) is 3.72. The van der Waals surface area contributed by atoms with E-state index in [9.17, 15) is 32.1 Å². The maximum Gasteiger partial charge on any atom is 0.402 e. The molecule has 0 spiro atoms. The van der Waals surface area contributed by atoms with Gasteiger partial charge < -0.3 is 15.3 Å². The van der Waals surface area contributed by atoms with E-state index < -0.39 is 41.1 Å². The van der Waals surface area contributed by atoms with Crippen molar-refractivity contribution in [3.05, 3.63) is 32.9 Å². The summed E-state index contributed by atoms with van der Waals surface area (Å²) in [6.07, 6.45) is -3.92. The normalized spacial score (nSPS) is 12.9. The van der Waals surface area contributed by atoms with Crippen LogP contribution >= 0.6 is 34.5 Å². The Morgan fingerprint density at radius 3 is 2.39 bits per heavy atom. The molecule has 200 valence electrons. The first-order chi connectivity index (χ1) is 16.6. The van der Waals surface area contributed by atoms with Crippen molar-refractivity contribution in [1.29, 1.82) is 0 Å². The van der Waals surface area contributed by atoms with E-state index >= 15 is 0 Å². The van der Waals surface area contributed by atoms with E-state index in [-0.39, 0.29) is 42.6 Å². The molecule has 0 aliphatic heterocycles. The molecule has 1 aromatic carbocycles. The number of rotatable bonds is 10. The summed E-state index contributed by atoms with van der Waals surface area (Å²) < 4.78 is 51.6. The Kier molecular flexibility index (Phi) is 10.3. The van der Waals surface area contributed by atoms with Crippen molar-refractivity contribution in [3.8, 4) is 10.4 Å². The molecule has 2 amide bonds. The van der Waals surface area contributed by atoms with Crippen LogP contribution < -0.4 is 10.0 Å². The molecule has 1 unspecified atom stereocenters. The predicted octanol–water partition coefficient (Wildman–Crippen LogP) is 4.27. The number of alkyl halides is 3. The molecule has 3 N–H and O–H groups in total. The van der Waals surface area contributed by atoms with Crippen LogP contribution in [0, 0.1) is 0 Å². The molecule has 0 aliphatic carbocycles. The molecule has 0 aliphatic rings. The van der Waals surface area contributed by atoms with E-state index in [4.69, 9.17) is 23.2 Å². The minimum Gasteiger partial charge on any atom is -0.389 e. The summed E-state index contributed by atoms with van der Waals surface area (Å²) in [4.78, 5) is 31.4. The second-order valence-electron chi connectivity index (χ2n) is 8.36. The molecule has 1 aromatic heterocycles. The quantitative estimate of drug-likeness (QED) is 0.384. The van der Waals surface area contributed by atoms with E-state index in [1.54, 1.807) is 7.05 Å². The number of nitrogens with zero attached hydrogens (tertiary/aromatic N) is 2. The van der Waals surface area contributed by atoms with Gasteiger partial charge in [-0.15, -0.1) is 11.3 Å². The molecule has 0 saturated carbocycles. The van der Waals surface area contributed by atoms with E-state index in [1.807, 2.05) is 11.6 Å². The monoisotopic (exact) mass is 588 g/mol. The Morgan fingerprint density at radius 2 is 1.83 bits per heavy atom. The van der Waals surface area contributed by atoms with Gasteiger partial charge in [-0.2, -0.15) is 13.2 Å². The molecule has 2 rings (SSSR count). The second kappa shape index (κ2) is 12.2. The van der Waals surface area contributed by atoms with Gasteiger partial charge in [-0.1, -0.05) is 36.2 Å². The van der Waals surface area contributed by atoms with Crippen LogP contribution in [-0.2, 0) is 11.0 Å². The molecule has 2 aromatic rings. The molecule has 0 saturated heterocycles. The number of benzene rings is 1. The first kappa shape index (κ1) is 30.5. The third kappa shape index (κ3) is 8.12. The van der Waals surface area contributed by atoms with Gasteiger partial charge in [0.2, 0.25) is 0 Å². The van der Waals surface area contributed by atoms with Crippen molar-refractivity contribution < 1.29 is 32.1 Å². The first-order valence-electron chi connectivity index (χ1n) is 10.5. The van der Waals surface area contributed by atoms with E-state index in [2.05, 4.69) is 10.3 Å². The summed E-state index contributed by atoms with van der Waals surface area (Å²) >= 11 is 13.5. The fourth-order valence-electron chi connectivity index (χ4n) is 2.81. The number of nitrogens with one attached hydrogen (secondary N) is 2. The van der Waals surface area contributed by atoms with Gasteiger partial charge in [0.25, 0.3) is 11.8 Å². The zero-order valence-electron chi connectivity index (χ0n) is 19.8. The molecular formula is C21H25Cl2F3N4O4S2. The van der Waals surface area contributed by atoms with Gasteiger partial charge in [-0.3, -0.25) is 9.59 Å². The summed E-state index contributed by atoms with van der Waals surface area (Å²) in [6, 6.07) is 2.57. The lowest BCUT2D eigenvalue weighted by atomic mass is 10.1. The lowest BCUT2D eigenvalue weighted by molar-refractivity contribution is -0.121. The maximum atomic E-state index is 13.1. The van der Waals surface area contributed by atoms with Gasteiger partial charge in [0.1, 0.15) is 23.2 Å². The number of halogens is 5. The number of hydrogen-bond donors (Lipinski definition) is 3. The summed E-state index contributed by atoms with van der Waals surface area (Å²) in [7, 11) is -0.750. The van der Waals surface area contributed by atoms with Crippen molar-refractivity contribution >= 4 is 57.3 Å². The van der Waals surface area contributed by atoms with Crippen LogP contribution in [0.15, 0.2) is 17.0 Å². The first-order valence-corrected chi connectivity index (χ1v) is 13.2. The lowest BCUT2D eigenvalue weighted by Gasteiger charge is -2.16. The third-order valence-corrected chi connectivity index (χ3v) is 7.73. The Labute approximate surface area is 222 Å². The zero-order chi connectivity index (χ0) is 27.4. The summed E-state index contributed by atoms with van der Waals surface area (Å²) in [5.41, 5.74) is -1.07. The molecule has 0 bridgehead atoms. The highest BCUT2D eigenvalue weighted by atomic mass is 35.5. The molecule has 15 heteroatoms. The van der Waals surface area contributed by atoms with E-state index in [0.717, 1.165) is 11.3 Å². The highest BCUT2D eigenvalue weighted by molar-refractivity contribution is 7.83. The van der Waals surface area contributed by atoms with Gasteiger partial charge in [0.15, 0.2) is 5.01 Å². The topological polar surface area (TPSA) is 112 Å². The van der Waals surface area contributed by atoms with Crippen LogP contribution in [0.4, 0.5) is 13.2 Å².